The van der Waals surface area contributed by atoms with Gasteiger partial charge < -0.3 is 4.74 Å². The van der Waals surface area contributed by atoms with Crippen LogP contribution in [-0.4, -0.2) is 29.8 Å². The summed E-state index contributed by atoms with van der Waals surface area (Å²) < 4.78 is 46.1. The molecule has 1 aliphatic carbocycles. The van der Waals surface area contributed by atoms with Crippen LogP contribution in [-0.2, 0) is 20.9 Å². The van der Waals surface area contributed by atoms with E-state index < -0.39 is 48.5 Å². The normalized spacial score (nSPS) is 29.9. The highest BCUT2D eigenvalue weighted by atomic mass is 19.2. The number of ketones is 1. The van der Waals surface area contributed by atoms with Crippen molar-refractivity contribution in [1.29, 1.82) is 0 Å². The Morgan fingerprint density at radius 1 is 1.21 bits per heavy atom. The van der Waals surface area contributed by atoms with Crippen LogP contribution in [0.1, 0.15) is 38.2 Å². The van der Waals surface area contributed by atoms with Crippen LogP contribution in [0, 0.1) is 5.92 Å². The predicted octanol–water partition coefficient (Wildman–Crippen LogP) is 3.89. The predicted molar refractivity (Wildman–Crippen MR) is 82.5 cm³/mol. The number of hydrogen-bond donors (Lipinski definition) is 0. The molecule has 0 saturated heterocycles. The number of esters is 1. The Hall–Kier alpha value is -1.85. The average molecular weight is 342 g/mol. The molecule has 1 aliphatic rings. The monoisotopic (exact) mass is 342 g/mol. The van der Waals surface area contributed by atoms with Crippen molar-refractivity contribution in [2.45, 2.75) is 57.2 Å². The number of Topliss-reactive ketones (excluding diaryl/α,β-unsaturated/α-hetero) is 1. The maximum absolute atomic E-state index is 14.4. The van der Waals surface area contributed by atoms with Gasteiger partial charge in [-0.3, -0.25) is 9.59 Å². The molecular weight excluding hydrogens is 321 g/mol. The van der Waals surface area contributed by atoms with Crippen molar-refractivity contribution in [2.24, 2.45) is 5.92 Å². The van der Waals surface area contributed by atoms with Gasteiger partial charge in [-0.05, 0) is 18.9 Å². The van der Waals surface area contributed by atoms with Crippen molar-refractivity contribution < 1.29 is 27.5 Å². The lowest BCUT2D eigenvalue weighted by Gasteiger charge is -2.37. The minimum absolute atomic E-state index is 0.0489. The number of carbonyl (C=O) groups is 2. The fourth-order valence-corrected chi connectivity index (χ4v) is 2.93. The number of halogens is 3. The molecule has 0 radical (unpaired) electrons. The third-order valence-electron chi connectivity index (χ3n) is 4.41. The van der Waals surface area contributed by atoms with Gasteiger partial charge >= 0.3 is 5.97 Å². The van der Waals surface area contributed by atoms with Crippen LogP contribution in [0.3, 0.4) is 0 Å². The van der Waals surface area contributed by atoms with Gasteiger partial charge in [0, 0.05) is 18.8 Å². The van der Waals surface area contributed by atoms with Gasteiger partial charge in [0.1, 0.15) is 36.8 Å². The summed E-state index contributed by atoms with van der Waals surface area (Å²) in [4.78, 5) is 23.6. The molecule has 24 heavy (non-hydrogen) atoms. The Bertz CT molecular complexity index is 574. The zero-order valence-electron chi connectivity index (χ0n) is 13.5. The summed E-state index contributed by atoms with van der Waals surface area (Å²) in [7, 11) is 0. The molecule has 0 N–H and O–H groups in total. The number of ether oxygens (including phenoxy) is 1. The molecule has 132 valence electrons. The van der Waals surface area contributed by atoms with Gasteiger partial charge in [-0.25, -0.2) is 13.2 Å². The second kappa shape index (κ2) is 7.81. The molecule has 0 heterocycles. The summed E-state index contributed by atoms with van der Waals surface area (Å²) in [6.45, 7) is 1.23. The molecule has 4 atom stereocenters. The van der Waals surface area contributed by atoms with E-state index in [2.05, 4.69) is 0 Å². The molecule has 1 saturated carbocycles. The number of carbonyl (C=O) groups excluding carboxylic acids is 2. The maximum atomic E-state index is 14.4. The Labute approximate surface area is 139 Å². The van der Waals surface area contributed by atoms with Crippen LogP contribution < -0.4 is 0 Å². The molecule has 1 aromatic carbocycles. The highest BCUT2D eigenvalue weighted by Crippen LogP contribution is 2.41. The zero-order valence-corrected chi connectivity index (χ0v) is 13.5. The topological polar surface area (TPSA) is 43.4 Å². The summed E-state index contributed by atoms with van der Waals surface area (Å²) in [5.41, 5.74) is -1.16. The van der Waals surface area contributed by atoms with E-state index in [4.69, 9.17) is 4.74 Å². The Morgan fingerprint density at radius 3 is 2.54 bits per heavy atom. The minimum atomic E-state index is -1.95. The molecule has 0 aliphatic heterocycles. The summed E-state index contributed by atoms with van der Waals surface area (Å²) in [5.74, 6) is -2.15. The van der Waals surface area contributed by atoms with E-state index in [1.807, 2.05) is 6.07 Å². The van der Waals surface area contributed by atoms with E-state index in [-0.39, 0.29) is 19.4 Å². The largest absolute Gasteiger partial charge is 0.460 e. The quantitative estimate of drug-likeness (QED) is 0.582. The Balaban J connectivity index is 1.80. The third kappa shape index (κ3) is 5.08. The van der Waals surface area contributed by atoms with E-state index >= 15 is 0 Å². The fourth-order valence-electron chi connectivity index (χ4n) is 2.93. The van der Waals surface area contributed by atoms with Gasteiger partial charge in [-0.1, -0.05) is 30.3 Å². The molecule has 1 aromatic rings. The summed E-state index contributed by atoms with van der Waals surface area (Å²) in [6.07, 6.45) is -5.31. The number of rotatable bonds is 6. The molecule has 3 nitrogen and oxygen atoms in total. The zero-order chi connectivity index (χ0) is 17.7. The molecule has 6 heteroatoms. The Kier molecular flexibility index (Phi) is 6.02. The maximum Gasteiger partial charge on any atom is 0.313 e. The first-order chi connectivity index (χ1) is 11.3. The van der Waals surface area contributed by atoms with E-state index in [9.17, 15) is 22.8 Å². The molecule has 0 bridgehead atoms. The van der Waals surface area contributed by atoms with Crippen LogP contribution in [0.5, 0.6) is 0 Å². The van der Waals surface area contributed by atoms with Gasteiger partial charge in [-0.15, -0.1) is 0 Å². The van der Waals surface area contributed by atoms with Crippen LogP contribution >= 0.6 is 0 Å². The molecule has 2 rings (SSSR count). The molecular formula is C18H21F3O3. The SMILES string of the molecule is CC1(F)CC(F)C(F)CC1CC(=O)CC(=O)OCc1ccccc1. The lowest BCUT2D eigenvalue weighted by molar-refractivity contribution is -0.147. The second-order valence-electron chi connectivity index (χ2n) is 6.51. The highest BCUT2D eigenvalue weighted by molar-refractivity contribution is 5.95. The average Bonchev–Trinajstić information content (AvgIpc) is 2.51. The van der Waals surface area contributed by atoms with Gasteiger partial charge in [0.15, 0.2) is 0 Å². The number of benzene rings is 1. The van der Waals surface area contributed by atoms with Crippen molar-refractivity contribution >= 4 is 11.8 Å². The number of hydrogen-bond acceptors (Lipinski definition) is 3. The first kappa shape index (κ1) is 18.5. The first-order valence-electron chi connectivity index (χ1n) is 7.96. The van der Waals surface area contributed by atoms with Crippen molar-refractivity contribution in [3.8, 4) is 0 Å². The van der Waals surface area contributed by atoms with E-state index in [1.54, 1.807) is 24.3 Å². The van der Waals surface area contributed by atoms with E-state index in [1.165, 1.54) is 6.92 Å². The van der Waals surface area contributed by atoms with Crippen LogP contribution in [0.15, 0.2) is 30.3 Å². The molecule has 0 aromatic heterocycles. The molecule has 0 spiro atoms. The van der Waals surface area contributed by atoms with Crippen molar-refractivity contribution in [3.63, 3.8) is 0 Å². The third-order valence-corrected chi connectivity index (χ3v) is 4.41. The Morgan fingerprint density at radius 2 is 1.88 bits per heavy atom. The van der Waals surface area contributed by atoms with Gasteiger partial charge in [0.25, 0.3) is 0 Å². The standard InChI is InChI=1S/C18H21F3O3/c1-18(21)10-16(20)15(19)8-13(18)7-14(22)9-17(23)24-11-12-5-3-2-4-6-12/h2-6,13,15-16H,7-11H2,1H3. The second-order valence-corrected chi connectivity index (χ2v) is 6.51. The van der Waals surface area contributed by atoms with Gasteiger partial charge in [-0.2, -0.15) is 0 Å². The van der Waals surface area contributed by atoms with Crippen LogP contribution in [0.4, 0.5) is 13.2 Å². The van der Waals surface area contributed by atoms with Crippen molar-refractivity contribution in [2.75, 3.05) is 0 Å². The fraction of sp³-hybridized carbons (Fsp3) is 0.556. The summed E-state index contributed by atoms with van der Waals surface area (Å²) in [5, 5.41) is 0. The summed E-state index contributed by atoms with van der Waals surface area (Å²) in [6, 6.07) is 8.98. The molecule has 4 unspecified atom stereocenters. The first-order valence-corrected chi connectivity index (χ1v) is 7.96. The highest BCUT2D eigenvalue weighted by Gasteiger charge is 2.46. The van der Waals surface area contributed by atoms with Gasteiger partial charge in [0.2, 0.25) is 0 Å². The number of alkyl halides is 3. The van der Waals surface area contributed by atoms with Gasteiger partial charge in [0.05, 0.1) is 0 Å². The van der Waals surface area contributed by atoms with Crippen molar-refractivity contribution in [1.82, 2.24) is 0 Å². The smallest absolute Gasteiger partial charge is 0.313 e. The summed E-state index contributed by atoms with van der Waals surface area (Å²) >= 11 is 0. The van der Waals surface area contributed by atoms with Crippen LogP contribution in [0.2, 0.25) is 0 Å². The lowest BCUT2D eigenvalue weighted by Crippen LogP contribution is -2.44. The van der Waals surface area contributed by atoms with Crippen molar-refractivity contribution in [3.05, 3.63) is 35.9 Å². The molecule has 1 fully saturated rings. The van der Waals surface area contributed by atoms with Crippen LogP contribution in [0.25, 0.3) is 0 Å². The lowest BCUT2D eigenvalue weighted by atomic mass is 9.74. The molecule has 0 amide bonds. The van der Waals surface area contributed by atoms with E-state index in [0.29, 0.717) is 0 Å². The minimum Gasteiger partial charge on any atom is -0.460 e. The van der Waals surface area contributed by atoms with E-state index in [0.717, 1.165) is 5.56 Å².